The molecule has 0 saturated carbocycles. The molecule has 0 aromatic carbocycles. The van der Waals surface area contributed by atoms with Crippen LogP contribution in [-0.2, 0) is 7.05 Å². The molecule has 0 bridgehead atoms. The minimum atomic E-state index is 0.0830. The normalized spacial score (nSPS) is 23.1. The first kappa shape index (κ1) is 17.2. The Hall–Kier alpha value is -2.22. The van der Waals surface area contributed by atoms with E-state index in [0.29, 0.717) is 11.6 Å². The summed E-state index contributed by atoms with van der Waals surface area (Å²) in [5.41, 5.74) is 1.77. The van der Waals surface area contributed by atoms with Crippen LogP contribution in [0.1, 0.15) is 53.2 Å². The molecule has 2 aromatic heterocycles. The Morgan fingerprint density at radius 1 is 1.27 bits per heavy atom. The Morgan fingerprint density at radius 3 is 2.58 bits per heavy atom. The maximum absolute atomic E-state index is 12.8. The molecule has 2 aliphatic heterocycles. The fraction of sp³-hybridized carbons (Fsp3) is 0.667. The number of carbonyl (C=O) groups excluding carboxylic acids is 1. The van der Waals surface area contributed by atoms with Gasteiger partial charge < -0.3 is 9.42 Å². The Morgan fingerprint density at radius 2 is 2.00 bits per heavy atom. The van der Waals surface area contributed by atoms with Crippen molar-refractivity contribution >= 4 is 5.91 Å². The highest BCUT2D eigenvalue weighted by Gasteiger charge is 2.46. The Kier molecular flexibility index (Phi) is 4.10. The van der Waals surface area contributed by atoms with E-state index in [2.05, 4.69) is 27.2 Å². The van der Waals surface area contributed by atoms with Gasteiger partial charge in [-0.3, -0.25) is 14.4 Å². The molecule has 0 radical (unpaired) electrons. The lowest BCUT2D eigenvalue weighted by Crippen LogP contribution is -2.44. The quantitative estimate of drug-likeness (QED) is 0.813. The monoisotopic (exact) mass is 358 g/mol. The van der Waals surface area contributed by atoms with Crippen molar-refractivity contribution in [3.05, 3.63) is 29.2 Å². The van der Waals surface area contributed by atoms with Crippen LogP contribution in [0, 0.1) is 19.3 Å². The van der Waals surface area contributed by atoms with E-state index in [1.54, 1.807) is 4.68 Å². The van der Waals surface area contributed by atoms with Crippen molar-refractivity contribution in [2.24, 2.45) is 12.5 Å². The number of piperidine rings is 1. The molecule has 2 saturated heterocycles. The van der Waals surface area contributed by atoms with E-state index < -0.39 is 0 Å². The van der Waals surface area contributed by atoms with Gasteiger partial charge in [-0.05, 0) is 44.7 Å². The van der Waals surface area contributed by atoms with Crippen molar-refractivity contribution < 1.29 is 9.32 Å². The summed E-state index contributed by atoms with van der Waals surface area (Å²) in [6.45, 7) is 6.32. The van der Waals surface area contributed by atoms with Crippen LogP contribution in [0.5, 0.6) is 0 Å². The van der Waals surface area contributed by atoms with Crippen molar-refractivity contribution in [2.45, 2.75) is 39.2 Å². The number of amides is 1. The van der Waals surface area contributed by atoms with E-state index >= 15 is 0 Å². The van der Waals surface area contributed by atoms with Gasteiger partial charge >= 0.3 is 0 Å². The molecular formula is C18H26N6O2. The second-order valence-corrected chi connectivity index (χ2v) is 7.89. The minimum absolute atomic E-state index is 0.0830. The molecule has 1 amide bonds. The van der Waals surface area contributed by atoms with E-state index in [4.69, 9.17) is 4.52 Å². The fourth-order valence-electron chi connectivity index (χ4n) is 4.53. The van der Waals surface area contributed by atoms with Gasteiger partial charge in [-0.2, -0.15) is 10.1 Å². The van der Waals surface area contributed by atoms with Crippen LogP contribution in [0.3, 0.4) is 0 Å². The number of aromatic nitrogens is 4. The smallest absolute Gasteiger partial charge is 0.272 e. The zero-order valence-corrected chi connectivity index (χ0v) is 15.9. The largest absolute Gasteiger partial charge is 0.340 e. The highest BCUT2D eigenvalue weighted by atomic mass is 16.5. The molecule has 0 N–H and O–H groups in total. The molecule has 8 heteroatoms. The van der Waals surface area contributed by atoms with Gasteiger partial charge in [0.15, 0.2) is 5.82 Å². The number of nitrogens with zero attached hydrogens (tertiary/aromatic N) is 6. The summed E-state index contributed by atoms with van der Waals surface area (Å²) in [7, 11) is 3.95. The maximum atomic E-state index is 12.8. The van der Waals surface area contributed by atoms with Gasteiger partial charge in [0, 0.05) is 33.6 Å². The summed E-state index contributed by atoms with van der Waals surface area (Å²) in [6, 6.07) is 2.07. The Labute approximate surface area is 153 Å². The van der Waals surface area contributed by atoms with Crippen molar-refractivity contribution in [3.63, 3.8) is 0 Å². The molecular weight excluding hydrogens is 332 g/mol. The first-order chi connectivity index (χ1) is 12.4. The second-order valence-electron chi connectivity index (χ2n) is 7.89. The molecule has 1 unspecified atom stereocenters. The van der Waals surface area contributed by atoms with Crippen molar-refractivity contribution in [3.8, 4) is 0 Å². The summed E-state index contributed by atoms with van der Waals surface area (Å²) >= 11 is 0. The fourth-order valence-corrected chi connectivity index (χ4v) is 4.53. The molecule has 2 fully saturated rings. The summed E-state index contributed by atoms with van der Waals surface area (Å²) in [5, 5.41) is 8.41. The first-order valence-electron chi connectivity index (χ1n) is 9.17. The van der Waals surface area contributed by atoms with Gasteiger partial charge in [0.1, 0.15) is 5.69 Å². The number of likely N-dealkylation sites (tertiary alicyclic amines) is 2. The van der Waals surface area contributed by atoms with Crippen molar-refractivity contribution in [2.75, 3.05) is 26.7 Å². The lowest BCUT2D eigenvalue weighted by Gasteiger charge is -2.39. The lowest BCUT2D eigenvalue weighted by molar-refractivity contribution is 0.0583. The van der Waals surface area contributed by atoms with Gasteiger partial charge in [-0.25, -0.2) is 0 Å². The topological polar surface area (TPSA) is 80.3 Å². The third-order valence-electron chi connectivity index (χ3n) is 5.92. The second kappa shape index (κ2) is 6.19. The van der Waals surface area contributed by atoms with Crippen molar-refractivity contribution in [1.29, 1.82) is 0 Å². The standard InChI is InChI=1S/C18H26N6O2/c1-12-9-14(23(4)20-12)17(25)24-7-5-18(6-8-24)10-15(22(3)11-18)16-19-13(2)26-21-16/h9,15H,5-8,10-11H2,1-4H3. The van der Waals surface area contributed by atoms with E-state index in [0.717, 1.165) is 50.4 Å². The van der Waals surface area contributed by atoms with Crippen LogP contribution in [0.25, 0.3) is 0 Å². The SMILES string of the molecule is Cc1cc(C(=O)N2CCC3(CC2)CC(c2noc(C)n2)N(C)C3)n(C)n1. The minimum Gasteiger partial charge on any atom is -0.340 e. The van der Waals surface area contributed by atoms with E-state index in [1.165, 1.54) is 0 Å². The van der Waals surface area contributed by atoms with Gasteiger partial charge in [-0.15, -0.1) is 0 Å². The van der Waals surface area contributed by atoms with Crippen LogP contribution in [-0.4, -0.2) is 62.3 Å². The van der Waals surface area contributed by atoms with E-state index in [9.17, 15) is 4.79 Å². The first-order valence-corrected chi connectivity index (χ1v) is 9.17. The molecule has 0 aliphatic carbocycles. The maximum Gasteiger partial charge on any atom is 0.272 e. The van der Waals surface area contributed by atoms with E-state index in [-0.39, 0.29) is 17.4 Å². The van der Waals surface area contributed by atoms with Gasteiger partial charge in [0.05, 0.1) is 11.7 Å². The number of hydrogen-bond donors (Lipinski definition) is 0. The lowest BCUT2D eigenvalue weighted by atomic mass is 9.76. The third kappa shape index (κ3) is 2.92. The third-order valence-corrected chi connectivity index (χ3v) is 5.92. The van der Waals surface area contributed by atoms with Crippen LogP contribution in [0.4, 0.5) is 0 Å². The zero-order chi connectivity index (χ0) is 18.5. The van der Waals surface area contributed by atoms with E-state index in [1.807, 2.05) is 31.9 Å². The Balaban J connectivity index is 1.43. The summed E-state index contributed by atoms with van der Waals surface area (Å²) in [6.07, 6.45) is 3.04. The number of carbonyl (C=O) groups is 1. The molecule has 26 heavy (non-hydrogen) atoms. The van der Waals surface area contributed by atoms with Crippen molar-refractivity contribution in [1.82, 2.24) is 29.7 Å². The number of aryl methyl sites for hydroxylation is 3. The van der Waals surface area contributed by atoms with Gasteiger partial charge in [-0.1, -0.05) is 5.16 Å². The van der Waals surface area contributed by atoms with Crippen LogP contribution in [0.15, 0.2) is 10.6 Å². The Bertz CT molecular complexity index is 818. The summed E-state index contributed by atoms with van der Waals surface area (Å²) < 4.78 is 6.84. The van der Waals surface area contributed by atoms with Crippen LogP contribution >= 0.6 is 0 Å². The summed E-state index contributed by atoms with van der Waals surface area (Å²) in [4.78, 5) is 21.5. The molecule has 4 rings (SSSR count). The zero-order valence-electron chi connectivity index (χ0n) is 15.9. The van der Waals surface area contributed by atoms with Gasteiger partial charge in [0.25, 0.3) is 5.91 Å². The molecule has 4 heterocycles. The van der Waals surface area contributed by atoms with Crippen LogP contribution < -0.4 is 0 Å². The molecule has 140 valence electrons. The molecule has 2 aromatic rings. The molecule has 1 atom stereocenters. The predicted octanol–water partition coefficient (Wildman–Crippen LogP) is 1.72. The highest BCUT2D eigenvalue weighted by molar-refractivity contribution is 5.92. The molecule has 2 aliphatic rings. The average Bonchev–Trinajstić information content (AvgIpc) is 3.26. The number of rotatable bonds is 2. The predicted molar refractivity (Wildman–Crippen MR) is 94.5 cm³/mol. The molecule has 1 spiro atoms. The van der Waals surface area contributed by atoms with Crippen LogP contribution in [0.2, 0.25) is 0 Å². The number of hydrogen-bond acceptors (Lipinski definition) is 6. The highest BCUT2D eigenvalue weighted by Crippen LogP contribution is 2.47. The van der Waals surface area contributed by atoms with Gasteiger partial charge in [0.2, 0.25) is 5.89 Å². The summed E-state index contributed by atoms with van der Waals surface area (Å²) in [5.74, 6) is 1.48. The molecule has 8 nitrogen and oxygen atoms in total. The average molecular weight is 358 g/mol.